The van der Waals surface area contributed by atoms with Crippen molar-refractivity contribution in [2.75, 3.05) is 13.2 Å². The Bertz CT molecular complexity index is 266. The van der Waals surface area contributed by atoms with Crippen molar-refractivity contribution in [2.24, 2.45) is 0 Å². The van der Waals surface area contributed by atoms with Gasteiger partial charge in [0.1, 0.15) is 0 Å². The zero-order valence-corrected chi connectivity index (χ0v) is 9.40. The predicted molar refractivity (Wildman–Crippen MR) is 48.1 cm³/mol. The fourth-order valence-corrected chi connectivity index (χ4v) is 0.809. The Morgan fingerprint density at radius 1 is 1.17 bits per heavy atom. The minimum atomic E-state index is -5.72. The first kappa shape index (κ1) is 16.9. The molecule has 0 aliphatic heterocycles. The van der Waals surface area contributed by atoms with Crippen molar-refractivity contribution in [2.45, 2.75) is 38.0 Å². The van der Waals surface area contributed by atoms with E-state index in [1.54, 1.807) is 6.92 Å². The second-order valence-corrected chi connectivity index (χ2v) is 3.41. The van der Waals surface area contributed by atoms with E-state index in [2.05, 4.69) is 9.47 Å². The minimum absolute atomic E-state index is 0.112. The average Bonchev–Trinajstić information content (AvgIpc) is 2.24. The van der Waals surface area contributed by atoms with Crippen LogP contribution in [0.2, 0.25) is 0 Å². The first-order chi connectivity index (χ1) is 8.11. The van der Waals surface area contributed by atoms with Gasteiger partial charge in [-0.1, -0.05) is 13.3 Å². The molecule has 0 N–H and O–H groups in total. The van der Waals surface area contributed by atoms with Crippen LogP contribution in [0.25, 0.3) is 0 Å². The Kier molecular flexibility index (Phi) is 6.27. The zero-order chi connectivity index (χ0) is 14.4. The van der Waals surface area contributed by atoms with Crippen LogP contribution in [-0.4, -0.2) is 37.6 Å². The van der Waals surface area contributed by atoms with Gasteiger partial charge in [-0.05, 0) is 6.42 Å². The highest BCUT2D eigenvalue weighted by atomic mass is 19.4. The van der Waals surface area contributed by atoms with Crippen molar-refractivity contribution < 1.29 is 40.6 Å². The van der Waals surface area contributed by atoms with Crippen LogP contribution in [0.15, 0.2) is 0 Å². The third-order valence-electron chi connectivity index (χ3n) is 1.76. The van der Waals surface area contributed by atoms with E-state index in [-0.39, 0.29) is 6.61 Å². The van der Waals surface area contributed by atoms with Crippen LogP contribution in [0.4, 0.5) is 31.1 Å². The van der Waals surface area contributed by atoms with Gasteiger partial charge in [0, 0.05) is 0 Å². The first-order valence-electron chi connectivity index (χ1n) is 4.99. The number of unbranched alkanes of at least 4 members (excludes halogenated alkanes) is 1. The second kappa shape index (κ2) is 6.69. The van der Waals surface area contributed by atoms with Crippen molar-refractivity contribution in [3.63, 3.8) is 0 Å². The minimum Gasteiger partial charge on any atom is -0.434 e. The predicted octanol–water partition coefficient (Wildman–Crippen LogP) is 3.48. The molecule has 0 saturated heterocycles. The summed E-state index contributed by atoms with van der Waals surface area (Å²) in [6, 6.07) is 0. The topological polar surface area (TPSA) is 35.5 Å². The van der Waals surface area contributed by atoms with E-state index in [0.717, 1.165) is 0 Å². The normalized spacial score (nSPS) is 14.2. The number of carbonyl (C=O) groups excluding carboxylic acids is 1. The number of hydrogen-bond donors (Lipinski definition) is 0. The highest BCUT2D eigenvalue weighted by molar-refractivity contribution is 5.59. The Morgan fingerprint density at radius 3 is 2.17 bits per heavy atom. The van der Waals surface area contributed by atoms with Gasteiger partial charge in [0.05, 0.1) is 6.61 Å². The summed E-state index contributed by atoms with van der Waals surface area (Å²) >= 11 is 0. The van der Waals surface area contributed by atoms with Crippen LogP contribution in [0.1, 0.15) is 19.8 Å². The van der Waals surface area contributed by atoms with Gasteiger partial charge in [0.25, 0.3) is 6.17 Å². The Balaban J connectivity index is 4.14. The molecule has 0 aromatic rings. The maximum absolute atomic E-state index is 12.6. The molecule has 0 radical (unpaired) electrons. The first-order valence-corrected chi connectivity index (χ1v) is 4.99. The molecule has 0 bridgehead atoms. The number of carbonyl (C=O) groups is 1. The van der Waals surface area contributed by atoms with Gasteiger partial charge in [0.2, 0.25) is 0 Å². The van der Waals surface area contributed by atoms with Crippen molar-refractivity contribution in [1.82, 2.24) is 0 Å². The molecular weight excluding hydrogens is 270 g/mol. The zero-order valence-electron chi connectivity index (χ0n) is 9.40. The number of alkyl halides is 6. The summed E-state index contributed by atoms with van der Waals surface area (Å²) in [7, 11) is 0. The van der Waals surface area contributed by atoms with Crippen molar-refractivity contribution >= 4 is 6.16 Å². The Hall–Kier alpha value is -1.15. The summed E-state index contributed by atoms with van der Waals surface area (Å²) in [5.41, 5.74) is 0. The summed E-state index contributed by atoms with van der Waals surface area (Å²) in [5, 5.41) is 0. The molecule has 0 saturated carbocycles. The van der Waals surface area contributed by atoms with Crippen molar-refractivity contribution in [1.29, 1.82) is 0 Å². The molecule has 0 aliphatic carbocycles. The fourth-order valence-electron chi connectivity index (χ4n) is 0.809. The van der Waals surface area contributed by atoms with E-state index in [1.807, 2.05) is 0 Å². The number of halogens is 6. The van der Waals surface area contributed by atoms with Gasteiger partial charge in [-0.3, -0.25) is 0 Å². The molecular formula is C9H12F6O3. The van der Waals surface area contributed by atoms with E-state index in [1.165, 1.54) is 0 Å². The third-order valence-corrected chi connectivity index (χ3v) is 1.76. The van der Waals surface area contributed by atoms with Crippen molar-refractivity contribution in [3.05, 3.63) is 0 Å². The largest absolute Gasteiger partial charge is 0.508 e. The molecule has 1 atom stereocenters. The highest BCUT2D eigenvalue weighted by Gasteiger charge is 2.57. The summed E-state index contributed by atoms with van der Waals surface area (Å²) in [6.07, 6.45) is -10.6. The fraction of sp³-hybridized carbons (Fsp3) is 0.889. The van der Waals surface area contributed by atoms with E-state index in [4.69, 9.17) is 0 Å². The molecule has 0 heterocycles. The van der Waals surface area contributed by atoms with Crippen molar-refractivity contribution in [3.8, 4) is 0 Å². The molecule has 0 aromatic heterocycles. The number of hydrogen-bond acceptors (Lipinski definition) is 3. The van der Waals surface area contributed by atoms with Gasteiger partial charge >= 0.3 is 18.3 Å². The monoisotopic (exact) mass is 282 g/mol. The van der Waals surface area contributed by atoms with Crippen LogP contribution < -0.4 is 0 Å². The highest BCUT2D eigenvalue weighted by Crippen LogP contribution is 2.35. The molecule has 0 fully saturated rings. The van der Waals surface area contributed by atoms with Gasteiger partial charge in [-0.2, -0.15) is 22.0 Å². The summed E-state index contributed by atoms with van der Waals surface area (Å²) in [4.78, 5) is 10.7. The van der Waals surface area contributed by atoms with Gasteiger partial charge < -0.3 is 9.47 Å². The van der Waals surface area contributed by atoms with E-state index in [9.17, 15) is 31.1 Å². The van der Waals surface area contributed by atoms with Crippen LogP contribution in [0.3, 0.4) is 0 Å². The molecule has 0 aliphatic rings. The van der Waals surface area contributed by atoms with E-state index < -0.39 is 31.0 Å². The molecule has 108 valence electrons. The van der Waals surface area contributed by atoms with Crippen LogP contribution in [-0.2, 0) is 9.47 Å². The summed E-state index contributed by atoms with van der Waals surface area (Å²) < 4.78 is 80.6. The van der Waals surface area contributed by atoms with E-state index in [0.29, 0.717) is 12.8 Å². The molecule has 18 heavy (non-hydrogen) atoms. The van der Waals surface area contributed by atoms with Crippen LogP contribution in [0.5, 0.6) is 0 Å². The smallest absolute Gasteiger partial charge is 0.434 e. The van der Waals surface area contributed by atoms with Crippen LogP contribution in [0, 0.1) is 0 Å². The number of rotatable bonds is 6. The molecule has 3 nitrogen and oxygen atoms in total. The second-order valence-electron chi connectivity index (χ2n) is 3.41. The molecule has 0 rings (SSSR count). The lowest BCUT2D eigenvalue weighted by atomic mass is 10.2. The molecule has 0 aromatic carbocycles. The molecule has 0 spiro atoms. The molecule has 0 unspecified atom stereocenters. The van der Waals surface area contributed by atoms with E-state index >= 15 is 0 Å². The lowest BCUT2D eigenvalue weighted by Crippen LogP contribution is -2.45. The lowest BCUT2D eigenvalue weighted by Gasteiger charge is -2.21. The average molecular weight is 282 g/mol. The Labute approximate surface area is 99.0 Å². The van der Waals surface area contributed by atoms with Gasteiger partial charge in [-0.25, -0.2) is 9.18 Å². The standard InChI is InChI=1S/C9H12F6O3/c1-2-3-4-17-7(16)18-5-8(11,12)6(10)9(13,14)15/h6H,2-5H2,1H3/t6-/m0/s1. The quantitative estimate of drug-likeness (QED) is 0.425. The maximum Gasteiger partial charge on any atom is 0.508 e. The molecule has 9 heteroatoms. The summed E-state index contributed by atoms with van der Waals surface area (Å²) in [5.74, 6) is -4.85. The number of ether oxygens (including phenoxy) is 2. The van der Waals surface area contributed by atoms with Gasteiger partial charge in [-0.15, -0.1) is 0 Å². The Morgan fingerprint density at radius 2 is 1.72 bits per heavy atom. The maximum atomic E-state index is 12.6. The lowest BCUT2D eigenvalue weighted by molar-refractivity contribution is -0.252. The van der Waals surface area contributed by atoms with Crippen LogP contribution >= 0.6 is 0 Å². The van der Waals surface area contributed by atoms with Gasteiger partial charge in [0.15, 0.2) is 6.61 Å². The third kappa shape index (κ3) is 5.97. The molecule has 0 amide bonds. The summed E-state index contributed by atoms with van der Waals surface area (Å²) in [6.45, 7) is -0.377. The SMILES string of the molecule is CCCCOC(=O)OCC(F)(F)[C@H](F)C(F)(F)F.